The highest BCUT2D eigenvalue weighted by Gasteiger charge is 2.29. The molecule has 0 bridgehead atoms. The Morgan fingerprint density at radius 3 is 2.18 bits per heavy atom. The SMILES string of the molecule is C1=CCC(C2N=C(c3ccc4oc5cc(-c6ccc7sc8cccc(-n9c%10ccccc%10c%10ccccc%109)c8c7c6)ccc5c4c3)NC(c3ccccc3)N2)C=C1. The number of hydrogen-bond acceptors (Lipinski definition) is 5. The van der Waals surface area contributed by atoms with Crippen LogP contribution < -0.4 is 10.6 Å². The largest absolute Gasteiger partial charge is 0.456 e. The molecule has 4 heterocycles. The van der Waals surface area contributed by atoms with Crippen molar-refractivity contribution in [3.63, 3.8) is 0 Å². The van der Waals surface area contributed by atoms with E-state index in [1.165, 1.54) is 58.8 Å². The number of fused-ring (bicyclic) bond motifs is 9. The van der Waals surface area contributed by atoms with Crippen LogP contribution in [0.2, 0.25) is 0 Å². The number of benzene rings is 7. The Morgan fingerprint density at radius 2 is 1.35 bits per heavy atom. The molecule has 0 fully saturated rings. The van der Waals surface area contributed by atoms with Crippen LogP contribution >= 0.6 is 11.3 Å². The highest BCUT2D eigenvalue weighted by Crippen LogP contribution is 2.43. The van der Waals surface area contributed by atoms with Crippen LogP contribution in [-0.2, 0) is 0 Å². The molecule has 57 heavy (non-hydrogen) atoms. The van der Waals surface area contributed by atoms with E-state index in [-0.39, 0.29) is 18.2 Å². The van der Waals surface area contributed by atoms with Crippen LogP contribution in [0.4, 0.5) is 0 Å². The highest BCUT2D eigenvalue weighted by atomic mass is 32.1. The second-order valence-corrected chi connectivity index (χ2v) is 16.2. The van der Waals surface area contributed by atoms with Crippen molar-refractivity contribution in [2.45, 2.75) is 18.8 Å². The summed E-state index contributed by atoms with van der Waals surface area (Å²) in [6.45, 7) is 0. The van der Waals surface area contributed by atoms with Crippen molar-refractivity contribution < 1.29 is 4.42 Å². The molecule has 0 radical (unpaired) electrons. The zero-order valence-corrected chi connectivity index (χ0v) is 31.7. The molecule has 0 amide bonds. The normalized spacial score (nSPS) is 18.3. The number of furan rings is 1. The second kappa shape index (κ2) is 12.9. The molecular formula is C51H36N4OS. The summed E-state index contributed by atoms with van der Waals surface area (Å²) < 4.78 is 11.6. The summed E-state index contributed by atoms with van der Waals surface area (Å²) in [7, 11) is 0. The fourth-order valence-electron chi connectivity index (χ4n) is 9.06. The van der Waals surface area contributed by atoms with E-state index < -0.39 is 0 Å². The van der Waals surface area contributed by atoms with E-state index in [0.717, 1.165) is 45.3 Å². The predicted molar refractivity (Wildman–Crippen MR) is 239 cm³/mol. The number of hydrogen-bond donors (Lipinski definition) is 2. The van der Waals surface area contributed by atoms with Gasteiger partial charge in [-0.1, -0.05) is 109 Å². The highest BCUT2D eigenvalue weighted by molar-refractivity contribution is 7.25. The quantitative estimate of drug-likeness (QED) is 0.184. The van der Waals surface area contributed by atoms with Crippen LogP contribution in [-0.4, -0.2) is 16.6 Å². The molecule has 0 spiro atoms. The number of nitrogens with one attached hydrogen (secondary N) is 2. The summed E-state index contributed by atoms with van der Waals surface area (Å²) in [6.07, 6.45) is 9.59. The lowest BCUT2D eigenvalue weighted by Crippen LogP contribution is -2.50. The number of rotatable bonds is 5. The third-order valence-corrected chi connectivity index (χ3v) is 12.9. The van der Waals surface area contributed by atoms with E-state index in [0.29, 0.717) is 0 Å². The molecule has 10 aromatic rings. The van der Waals surface area contributed by atoms with Crippen molar-refractivity contribution in [3.8, 4) is 16.8 Å². The van der Waals surface area contributed by atoms with Crippen molar-refractivity contribution in [2.75, 3.05) is 0 Å². The fourth-order valence-corrected chi connectivity index (χ4v) is 10.2. The van der Waals surface area contributed by atoms with Gasteiger partial charge in [-0.3, -0.25) is 5.32 Å². The Bertz CT molecular complexity index is 3260. The second-order valence-electron chi connectivity index (χ2n) is 15.1. The Balaban J connectivity index is 0.943. The van der Waals surface area contributed by atoms with Gasteiger partial charge < -0.3 is 14.3 Å². The van der Waals surface area contributed by atoms with Gasteiger partial charge in [0.05, 0.1) is 16.7 Å². The predicted octanol–water partition coefficient (Wildman–Crippen LogP) is 12.8. The molecule has 2 N–H and O–H groups in total. The molecule has 6 heteroatoms. The van der Waals surface area contributed by atoms with E-state index >= 15 is 0 Å². The molecule has 2 aliphatic rings. The number of aliphatic imine (C=N–C) groups is 1. The van der Waals surface area contributed by atoms with Crippen LogP contribution in [0.15, 0.2) is 185 Å². The summed E-state index contributed by atoms with van der Waals surface area (Å²) in [5.74, 6) is 1.17. The first-order valence-electron chi connectivity index (χ1n) is 19.6. The molecular weight excluding hydrogens is 717 g/mol. The van der Waals surface area contributed by atoms with E-state index in [1.54, 1.807) is 0 Å². The molecule has 1 aliphatic carbocycles. The molecule has 5 nitrogen and oxygen atoms in total. The van der Waals surface area contributed by atoms with Gasteiger partial charge in [0.15, 0.2) is 0 Å². The molecule has 0 saturated heterocycles. The van der Waals surface area contributed by atoms with Crippen LogP contribution in [0.3, 0.4) is 0 Å². The fraction of sp³-hybridized carbons (Fsp3) is 0.0784. The first-order chi connectivity index (χ1) is 28.2. The first-order valence-corrected chi connectivity index (χ1v) is 20.4. The minimum Gasteiger partial charge on any atom is -0.456 e. The smallest absolute Gasteiger partial charge is 0.136 e. The molecule has 3 atom stereocenters. The number of para-hydroxylation sites is 2. The lowest BCUT2D eigenvalue weighted by atomic mass is 9.96. The van der Waals surface area contributed by atoms with Crippen molar-refractivity contribution in [3.05, 3.63) is 187 Å². The molecule has 7 aromatic carbocycles. The van der Waals surface area contributed by atoms with Crippen LogP contribution in [0.1, 0.15) is 23.7 Å². The van der Waals surface area contributed by atoms with Gasteiger partial charge in [0.2, 0.25) is 0 Å². The number of amidine groups is 1. The molecule has 1 aliphatic heterocycles. The molecule has 12 rings (SSSR count). The average Bonchev–Trinajstić information content (AvgIpc) is 3.95. The monoisotopic (exact) mass is 752 g/mol. The Morgan fingerprint density at radius 1 is 0.596 bits per heavy atom. The summed E-state index contributed by atoms with van der Waals surface area (Å²) in [5, 5.41) is 14.7. The maximum absolute atomic E-state index is 6.57. The summed E-state index contributed by atoms with van der Waals surface area (Å²) in [4.78, 5) is 5.25. The van der Waals surface area contributed by atoms with Crippen molar-refractivity contribution in [1.29, 1.82) is 0 Å². The summed E-state index contributed by atoms with van der Waals surface area (Å²) in [5.41, 5.74) is 9.92. The van der Waals surface area contributed by atoms with Crippen LogP contribution in [0, 0.1) is 5.92 Å². The molecule has 3 aromatic heterocycles. The van der Waals surface area contributed by atoms with Gasteiger partial charge in [-0.05, 0) is 89.8 Å². The van der Waals surface area contributed by atoms with Gasteiger partial charge in [0, 0.05) is 53.2 Å². The zero-order valence-electron chi connectivity index (χ0n) is 30.9. The lowest BCUT2D eigenvalue weighted by Gasteiger charge is -2.35. The summed E-state index contributed by atoms with van der Waals surface area (Å²) >= 11 is 1.86. The van der Waals surface area contributed by atoms with Crippen LogP contribution in [0.5, 0.6) is 0 Å². The van der Waals surface area contributed by atoms with Gasteiger partial charge in [-0.25, -0.2) is 4.99 Å². The number of allylic oxidation sites excluding steroid dienone is 3. The average molecular weight is 753 g/mol. The van der Waals surface area contributed by atoms with Gasteiger partial charge in [0.25, 0.3) is 0 Å². The van der Waals surface area contributed by atoms with Gasteiger partial charge in [0.1, 0.15) is 29.3 Å². The van der Waals surface area contributed by atoms with Crippen LogP contribution in [0.25, 0.3) is 80.7 Å². The van der Waals surface area contributed by atoms with Crippen molar-refractivity contribution in [2.24, 2.45) is 10.9 Å². The molecule has 272 valence electrons. The van der Waals surface area contributed by atoms with Gasteiger partial charge in [-0.15, -0.1) is 11.3 Å². The molecule has 3 unspecified atom stereocenters. The number of nitrogens with zero attached hydrogens (tertiary/aromatic N) is 2. The maximum atomic E-state index is 6.57. The Hall–Kier alpha value is -6.73. The third kappa shape index (κ3) is 5.29. The van der Waals surface area contributed by atoms with E-state index in [1.807, 2.05) is 11.3 Å². The Kier molecular flexibility index (Phi) is 7.37. The topological polar surface area (TPSA) is 54.5 Å². The summed E-state index contributed by atoms with van der Waals surface area (Å²) in [6, 6.07) is 54.7. The third-order valence-electron chi connectivity index (χ3n) is 11.8. The first kappa shape index (κ1) is 32.5. The standard InChI is InChI=1S/C51H36N4OS/c1-3-12-31(13-4-1)49-52-50(32-14-5-2-6-15-32)54-51(53-49)35-23-26-44-39(29-35)38-25-22-34(30-45(38)56-44)33-24-27-46-40(28-33)48-43(20-11-21-47(48)57-46)55-41-18-9-7-16-36(41)37-17-8-10-19-42(37)55/h1-14,16-30,32,49-50,52H,15H2,(H,53,54). The number of thiophene rings is 1. The van der Waals surface area contributed by atoms with E-state index in [4.69, 9.17) is 9.41 Å². The van der Waals surface area contributed by atoms with Gasteiger partial charge in [-0.2, -0.15) is 0 Å². The van der Waals surface area contributed by atoms with E-state index in [9.17, 15) is 0 Å². The van der Waals surface area contributed by atoms with Crippen molar-refractivity contribution >= 4 is 81.1 Å². The van der Waals surface area contributed by atoms with Gasteiger partial charge >= 0.3 is 0 Å². The minimum atomic E-state index is -0.0573. The number of aromatic nitrogens is 1. The zero-order chi connectivity index (χ0) is 37.5. The maximum Gasteiger partial charge on any atom is 0.136 e. The molecule has 0 saturated carbocycles. The Labute approximate surface area is 332 Å². The minimum absolute atomic E-state index is 0.0530. The van der Waals surface area contributed by atoms with E-state index in [2.05, 4.69) is 191 Å². The lowest BCUT2D eigenvalue weighted by molar-refractivity contribution is 0.339. The van der Waals surface area contributed by atoms with Crippen molar-refractivity contribution in [1.82, 2.24) is 15.2 Å².